The second-order valence-corrected chi connectivity index (χ2v) is 11.5. The van der Waals surface area contributed by atoms with Crippen molar-refractivity contribution in [1.29, 1.82) is 0 Å². The molecule has 3 aromatic carbocycles. The van der Waals surface area contributed by atoms with Crippen LogP contribution in [0.4, 0.5) is 4.39 Å². The summed E-state index contributed by atoms with van der Waals surface area (Å²) in [5, 5.41) is 9.94. The van der Waals surface area contributed by atoms with Crippen LogP contribution in [-0.2, 0) is 37.3 Å². The third kappa shape index (κ3) is 4.77. The molecule has 2 aliphatic heterocycles. The smallest absolute Gasteiger partial charge is 0.335 e. The highest BCUT2D eigenvalue weighted by Crippen LogP contribution is 2.30. The predicted molar refractivity (Wildman–Crippen MR) is 154 cm³/mol. The molecule has 1 fully saturated rings. The van der Waals surface area contributed by atoms with Gasteiger partial charge in [0.15, 0.2) is 0 Å². The molecule has 0 spiro atoms. The molecule has 0 amide bonds. The molecular formula is C31H29ClFN5O3. The van der Waals surface area contributed by atoms with Crippen molar-refractivity contribution >= 4 is 39.6 Å². The van der Waals surface area contributed by atoms with Gasteiger partial charge < -0.3 is 19.0 Å². The average Bonchev–Trinajstić information content (AvgIpc) is 3.45. The fourth-order valence-corrected chi connectivity index (χ4v) is 6.12. The van der Waals surface area contributed by atoms with Gasteiger partial charge in [0.05, 0.1) is 53.4 Å². The summed E-state index contributed by atoms with van der Waals surface area (Å²) in [4.78, 5) is 24.0. The van der Waals surface area contributed by atoms with Crippen LogP contribution < -0.4 is 0 Å². The molecular weight excluding hydrogens is 545 g/mol. The number of nitrogens with zero attached hydrogens (tertiary/aromatic N) is 5. The molecule has 0 bridgehead atoms. The van der Waals surface area contributed by atoms with E-state index in [1.54, 1.807) is 30.3 Å². The topological polar surface area (TPSA) is 85.4 Å². The molecule has 0 unspecified atom stereocenters. The SMILES string of the molecule is C[C@@H]1Cn2c(nc3c(Cc4ccc(Cl)cc4F)cccc32)CN1Cc1nc2ccc(C(=O)O)cc2n1C[C@@H]1CCO1. The van der Waals surface area contributed by atoms with E-state index in [1.165, 1.54) is 6.07 Å². The van der Waals surface area contributed by atoms with Crippen LogP contribution in [0.15, 0.2) is 54.6 Å². The number of benzene rings is 3. The van der Waals surface area contributed by atoms with Gasteiger partial charge in [-0.2, -0.15) is 0 Å². The van der Waals surface area contributed by atoms with Gasteiger partial charge in [-0.3, -0.25) is 4.90 Å². The molecule has 8 nitrogen and oxygen atoms in total. The monoisotopic (exact) mass is 573 g/mol. The van der Waals surface area contributed by atoms with Gasteiger partial charge in [-0.25, -0.2) is 19.2 Å². The summed E-state index contributed by atoms with van der Waals surface area (Å²) in [7, 11) is 0. The first kappa shape index (κ1) is 26.1. The second-order valence-electron chi connectivity index (χ2n) is 11.0. The van der Waals surface area contributed by atoms with E-state index >= 15 is 0 Å². The van der Waals surface area contributed by atoms with Crippen molar-refractivity contribution in [2.24, 2.45) is 0 Å². The van der Waals surface area contributed by atoms with E-state index in [1.807, 2.05) is 12.1 Å². The zero-order valence-corrected chi connectivity index (χ0v) is 23.3. The summed E-state index contributed by atoms with van der Waals surface area (Å²) in [5.41, 5.74) is 5.33. The van der Waals surface area contributed by atoms with E-state index in [0.717, 1.165) is 58.9 Å². The Morgan fingerprint density at radius 1 is 1.12 bits per heavy atom. The number of carbonyl (C=O) groups is 1. The van der Waals surface area contributed by atoms with Crippen LogP contribution in [0.1, 0.15) is 46.5 Å². The van der Waals surface area contributed by atoms with Crippen LogP contribution in [0.25, 0.3) is 22.1 Å². The van der Waals surface area contributed by atoms with Crippen molar-refractivity contribution in [3.05, 3.63) is 93.8 Å². The molecule has 2 atom stereocenters. The van der Waals surface area contributed by atoms with Gasteiger partial charge >= 0.3 is 5.97 Å². The third-order valence-corrected chi connectivity index (χ3v) is 8.59. The molecule has 0 saturated carbocycles. The number of para-hydroxylation sites is 1. The molecule has 4 heterocycles. The molecule has 5 aromatic rings. The number of aromatic nitrogens is 4. The van der Waals surface area contributed by atoms with Crippen molar-refractivity contribution < 1.29 is 19.0 Å². The van der Waals surface area contributed by atoms with Gasteiger partial charge in [-0.05, 0) is 60.9 Å². The van der Waals surface area contributed by atoms with E-state index in [-0.39, 0.29) is 23.5 Å². The highest BCUT2D eigenvalue weighted by Gasteiger charge is 2.29. The first-order chi connectivity index (χ1) is 19.8. The first-order valence-corrected chi connectivity index (χ1v) is 14.2. The lowest BCUT2D eigenvalue weighted by Gasteiger charge is -2.34. The maximum Gasteiger partial charge on any atom is 0.335 e. The minimum absolute atomic E-state index is 0.103. The minimum Gasteiger partial charge on any atom is -0.478 e. The van der Waals surface area contributed by atoms with Gasteiger partial charge in [0.2, 0.25) is 0 Å². The maximum atomic E-state index is 14.6. The van der Waals surface area contributed by atoms with Crippen LogP contribution in [0.3, 0.4) is 0 Å². The summed E-state index contributed by atoms with van der Waals surface area (Å²) in [6.07, 6.45) is 1.51. The molecule has 10 heteroatoms. The molecule has 1 saturated heterocycles. The lowest BCUT2D eigenvalue weighted by atomic mass is 10.0. The van der Waals surface area contributed by atoms with Gasteiger partial charge in [0, 0.05) is 30.6 Å². The van der Waals surface area contributed by atoms with Crippen LogP contribution in [0.2, 0.25) is 5.02 Å². The summed E-state index contributed by atoms with van der Waals surface area (Å²) in [5.74, 6) is 0.570. The molecule has 210 valence electrons. The molecule has 7 rings (SSSR count). The molecule has 2 aromatic heterocycles. The number of ether oxygens (including phenoxy) is 1. The van der Waals surface area contributed by atoms with Crippen molar-refractivity contribution in [3.8, 4) is 0 Å². The number of hydrogen-bond acceptors (Lipinski definition) is 5. The third-order valence-electron chi connectivity index (χ3n) is 8.35. The van der Waals surface area contributed by atoms with Gasteiger partial charge in [0.1, 0.15) is 17.5 Å². The Kier molecular flexibility index (Phi) is 6.53. The largest absolute Gasteiger partial charge is 0.478 e. The Labute approximate surface area is 240 Å². The van der Waals surface area contributed by atoms with E-state index < -0.39 is 5.97 Å². The van der Waals surface area contributed by atoms with E-state index in [9.17, 15) is 14.3 Å². The quantitative estimate of drug-likeness (QED) is 0.270. The number of halogens is 2. The number of aromatic carboxylic acids is 1. The Hall–Kier alpha value is -3.79. The lowest BCUT2D eigenvalue weighted by Crippen LogP contribution is -2.41. The molecule has 2 aliphatic rings. The predicted octanol–water partition coefficient (Wildman–Crippen LogP) is 5.66. The zero-order chi connectivity index (χ0) is 28.2. The van der Waals surface area contributed by atoms with Crippen molar-refractivity contribution in [2.45, 2.75) is 58.1 Å². The summed E-state index contributed by atoms with van der Waals surface area (Å²) < 4.78 is 24.7. The van der Waals surface area contributed by atoms with E-state index in [2.05, 4.69) is 27.0 Å². The second kappa shape index (κ2) is 10.2. The molecule has 0 aliphatic carbocycles. The molecule has 0 radical (unpaired) electrons. The van der Waals surface area contributed by atoms with Gasteiger partial charge in [0.25, 0.3) is 0 Å². The Bertz CT molecular complexity index is 1810. The number of hydrogen-bond donors (Lipinski definition) is 1. The highest BCUT2D eigenvalue weighted by molar-refractivity contribution is 6.30. The minimum atomic E-state index is -0.956. The number of fused-ring (bicyclic) bond motifs is 4. The highest BCUT2D eigenvalue weighted by atomic mass is 35.5. The number of carboxylic acids is 1. The summed E-state index contributed by atoms with van der Waals surface area (Å²) >= 11 is 5.96. The first-order valence-electron chi connectivity index (χ1n) is 13.8. The molecule has 41 heavy (non-hydrogen) atoms. The van der Waals surface area contributed by atoms with Gasteiger partial charge in [-0.15, -0.1) is 0 Å². The Morgan fingerprint density at radius 2 is 1.98 bits per heavy atom. The summed E-state index contributed by atoms with van der Waals surface area (Å²) in [6, 6.07) is 16.2. The van der Waals surface area contributed by atoms with Crippen molar-refractivity contribution in [1.82, 2.24) is 24.0 Å². The van der Waals surface area contributed by atoms with E-state index in [4.69, 9.17) is 26.3 Å². The van der Waals surface area contributed by atoms with E-state index in [0.29, 0.717) is 36.6 Å². The zero-order valence-electron chi connectivity index (χ0n) is 22.6. The Morgan fingerprint density at radius 3 is 2.73 bits per heavy atom. The average molecular weight is 574 g/mol. The number of rotatable bonds is 7. The van der Waals surface area contributed by atoms with Crippen LogP contribution in [0.5, 0.6) is 0 Å². The fraction of sp³-hybridized carbons (Fsp3) is 0.323. The standard InChI is InChI=1S/C31H29ClFN5O3/c1-18-14-37-26-4-2-3-20(11-19-5-7-22(32)13-24(19)33)30(26)35-29(37)17-36(18)16-28-34-25-8-6-21(31(39)40)12-27(25)38(28)15-23-9-10-41-23/h2-8,12-13,18,23H,9-11,14-17H2,1H3,(H,39,40)/t18-,23+/m1/s1. The Balaban J connectivity index is 1.20. The fourth-order valence-electron chi connectivity index (χ4n) is 5.96. The van der Waals surface area contributed by atoms with Crippen LogP contribution >= 0.6 is 11.6 Å². The van der Waals surface area contributed by atoms with Crippen molar-refractivity contribution in [3.63, 3.8) is 0 Å². The summed E-state index contributed by atoms with van der Waals surface area (Å²) in [6.45, 7) is 5.58. The normalized spacial score (nSPS) is 19.0. The van der Waals surface area contributed by atoms with Crippen molar-refractivity contribution in [2.75, 3.05) is 6.61 Å². The number of imidazole rings is 2. The number of carboxylic acid groups (broad SMARTS) is 1. The van der Waals surface area contributed by atoms with Crippen LogP contribution in [-0.4, -0.2) is 53.8 Å². The maximum absolute atomic E-state index is 14.6. The van der Waals surface area contributed by atoms with Gasteiger partial charge in [-0.1, -0.05) is 29.8 Å². The van der Waals surface area contributed by atoms with Crippen LogP contribution in [0, 0.1) is 5.82 Å². The lowest BCUT2D eigenvalue weighted by molar-refractivity contribution is -0.0593. The molecule has 1 N–H and O–H groups in total.